The van der Waals surface area contributed by atoms with E-state index in [-0.39, 0.29) is 23.7 Å². The van der Waals surface area contributed by atoms with Crippen LogP contribution in [0.2, 0.25) is 0 Å². The molecular weight excluding hydrogens is 280 g/mol. The quantitative estimate of drug-likeness (QED) is 0.866. The topological polar surface area (TPSA) is 92.3 Å². The van der Waals surface area contributed by atoms with E-state index in [0.29, 0.717) is 12.1 Å². The fourth-order valence-electron chi connectivity index (χ4n) is 4.07. The Labute approximate surface area is 130 Å². The lowest BCUT2D eigenvalue weighted by Crippen LogP contribution is -2.50. The first kappa shape index (κ1) is 15.2. The summed E-state index contributed by atoms with van der Waals surface area (Å²) in [6.07, 6.45) is 8.71. The highest BCUT2D eigenvalue weighted by Gasteiger charge is 2.45. The summed E-state index contributed by atoms with van der Waals surface area (Å²) in [6, 6.07) is 0.0856. The first-order chi connectivity index (χ1) is 10.5. The highest BCUT2D eigenvalue weighted by atomic mass is 16.3. The van der Waals surface area contributed by atoms with Crippen LogP contribution in [0, 0.1) is 5.92 Å². The van der Waals surface area contributed by atoms with Gasteiger partial charge in [0.05, 0.1) is 5.60 Å². The summed E-state index contributed by atoms with van der Waals surface area (Å²) >= 11 is 0. The summed E-state index contributed by atoms with van der Waals surface area (Å²) in [4.78, 5) is 22.5. The summed E-state index contributed by atoms with van der Waals surface area (Å²) in [5.41, 5.74) is 5.49. The molecule has 0 spiro atoms. The Morgan fingerprint density at radius 2 is 2.23 bits per heavy atom. The molecule has 0 unspecified atom stereocenters. The third-order valence-corrected chi connectivity index (χ3v) is 5.24. The molecule has 1 amide bonds. The Hall–Kier alpha value is -1.69. The van der Waals surface area contributed by atoms with Crippen molar-refractivity contribution in [3.8, 4) is 0 Å². The van der Waals surface area contributed by atoms with E-state index in [9.17, 15) is 9.90 Å². The van der Waals surface area contributed by atoms with Gasteiger partial charge >= 0.3 is 0 Å². The summed E-state index contributed by atoms with van der Waals surface area (Å²) in [5, 5.41) is 10.7. The lowest BCUT2D eigenvalue weighted by molar-refractivity contribution is -0.0577. The molecule has 3 N–H and O–H groups in total. The zero-order chi connectivity index (χ0) is 15.7. The van der Waals surface area contributed by atoms with Crippen molar-refractivity contribution in [3.05, 3.63) is 18.1 Å². The number of aliphatic hydroxyl groups is 1. The van der Waals surface area contributed by atoms with Gasteiger partial charge in [0.2, 0.25) is 0 Å². The van der Waals surface area contributed by atoms with E-state index in [1.165, 1.54) is 12.5 Å². The molecule has 1 saturated heterocycles. The molecule has 2 fully saturated rings. The average molecular weight is 304 g/mol. The number of carbonyl (C=O) groups excluding carboxylic acids is 1. The fraction of sp³-hybridized carbons (Fsp3) is 0.688. The van der Waals surface area contributed by atoms with Crippen molar-refractivity contribution in [1.82, 2.24) is 14.9 Å². The molecule has 6 nitrogen and oxygen atoms in total. The standard InChI is InChI=1S/C16H24N4O2/c1-16(22)7-3-2-5-12(16)13-6-4-8-20(13)15(21)11-9-18-10-19-14(11)17/h9-10,12-13,22H,2-8H2,1H3,(H2,17,18,19)/t12-,13-,16+/m1/s1. The predicted molar refractivity (Wildman–Crippen MR) is 83.1 cm³/mol. The molecule has 6 heteroatoms. The minimum absolute atomic E-state index is 0.0856. The van der Waals surface area contributed by atoms with Gasteiger partial charge in [-0.3, -0.25) is 4.79 Å². The number of hydrogen-bond acceptors (Lipinski definition) is 5. The van der Waals surface area contributed by atoms with Gasteiger partial charge in [0.1, 0.15) is 17.7 Å². The van der Waals surface area contributed by atoms with Crippen molar-refractivity contribution in [2.45, 2.75) is 57.1 Å². The lowest BCUT2D eigenvalue weighted by atomic mass is 9.72. The van der Waals surface area contributed by atoms with Crippen LogP contribution in [0.1, 0.15) is 55.8 Å². The number of rotatable bonds is 2. The van der Waals surface area contributed by atoms with E-state index in [1.807, 2.05) is 11.8 Å². The van der Waals surface area contributed by atoms with Gasteiger partial charge in [-0.05, 0) is 32.6 Å². The molecule has 1 saturated carbocycles. The number of anilines is 1. The lowest BCUT2D eigenvalue weighted by Gasteiger charge is -2.43. The van der Waals surface area contributed by atoms with Crippen LogP contribution in [0.15, 0.2) is 12.5 Å². The number of nitrogens with zero attached hydrogens (tertiary/aromatic N) is 3. The third-order valence-electron chi connectivity index (χ3n) is 5.24. The van der Waals surface area contributed by atoms with E-state index < -0.39 is 5.60 Å². The maximum Gasteiger partial charge on any atom is 0.259 e. The van der Waals surface area contributed by atoms with E-state index >= 15 is 0 Å². The van der Waals surface area contributed by atoms with Crippen molar-refractivity contribution >= 4 is 11.7 Å². The Morgan fingerprint density at radius 1 is 1.41 bits per heavy atom. The molecule has 22 heavy (non-hydrogen) atoms. The molecule has 0 radical (unpaired) electrons. The number of carbonyl (C=O) groups is 1. The SMILES string of the molecule is C[C@]1(O)CCCC[C@@H]1[C@H]1CCCN1C(=O)c1cncnc1N. The van der Waals surface area contributed by atoms with Crippen LogP contribution in [0.3, 0.4) is 0 Å². The summed E-state index contributed by atoms with van der Waals surface area (Å²) in [7, 11) is 0. The van der Waals surface area contributed by atoms with Crippen LogP contribution in [-0.4, -0.2) is 44.1 Å². The number of amides is 1. The fourth-order valence-corrected chi connectivity index (χ4v) is 4.07. The zero-order valence-corrected chi connectivity index (χ0v) is 13.0. The molecule has 2 aliphatic rings. The maximum atomic E-state index is 12.8. The van der Waals surface area contributed by atoms with Gasteiger partial charge in [0.15, 0.2) is 0 Å². The van der Waals surface area contributed by atoms with Gasteiger partial charge in [0, 0.05) is 24.7 Å². The number of likely N-dealkylation sites (tertiary alicyclic amines) is 1. The van der Waals surface area contributed by atoms with Crippen molar-refractivity contribution in [2.75, 3.05) is 12.3 Å². The van der Waals surface area contributed by atoms with E-state index in [2.05, 4.69) is 9.97 Å². The average Bonchev–Trinajstić information content (AvgIpc) is 2.95. The molecule has 1 aliphatic carbocycles. The van der Waals surface area contributed by atoms with Gasteiger partial charge in [-0.15, -0.1) is 0 Å². The Balaban J connectivity index is 1.84. The summed E-state index contributed by atoms with van der Waals surface area (Å²) in [5.74, 6) is 0.251. The number of aromatic nitrogens is 2. The Kier molecular flexibility index (Phi) is 4.04. The first-order valence-electron chi connectivity index (χ1n) is 8.09. The van der Waals surface area contributed by atoms with Gasteiger partial charge in [-0.1, -0.05) is 12.8 Å². The second-order valence-corrected chi connectivity index (χ2v) is 6.74. The zero-order valence-electron chi connectivity index (χ0n) is 13.0. The summed E-state index contributed by atoms with van der Waals surface area (Å²) < 4.78 is 0. The summed E-state index contributed by atoms with van der Waals surface area (Å²) in [6.45, 7) is 2.63. The Morgan fingerprint density at radius 3 is 2.95 bits per heavy atom. The van der Waals surface area contributed by atoms with E-state index in [4.69, 9.17) is 5.73 Å². The third kappa shape index (κ3) is 2.67. The largest absolute Gasteiger partial charge is 0.390 e. The van der Waals surface area contributed by atoms with Crippen LogP contribution in [0.25, 0.3) is 0 Å². The molecule has 2 heterocycles. The molecule has 1 aliphatic heterocycles. The second kappa shape index (κ2) is 5.83. The van der Waals surface area contributed by atoms with E-state index in [1.54, 1.807) is 0 Å². The van der Waals surface area contributed by atoms with Gasteiger partial charge in [-0.25, -0.2) is 9.97 Å². The van der Waals surface area contributed by atoms with Crippen LogP contribution < -0.4 is 5.73 Å². The highest BCUT2D eigenvalue weighted by molar-refractivity contribution is 5.98. The molecule has 120 valence electrons. The normalized spacial score (nSPS) is 32.2. The smallest absolute Gasteiger partial charge is 0.259 e. The van der Waals surface area contributed by atoms with Gasteiger partial charge in [0.25, 0.3) is 5.91 Å². The molecule has 1 aromatic rings. The Bertz CT molecular complexity index is 561. The number of nitrogens with two attached hydrogens (primary N) is 1. The van der Waals surface area contributed by atoms with Crippen molar-refractivity contribution in [3.63, 3.8) is 0 Å². The van der Waals surface area contributed by atoms with Crippen LogP contribution in [0.4, 0.5) is 5.82 Å². The molecular formula is C16H24N4O2. The molecule has 3 atom stereocenters. The van der Waals surface area contributed by atoms with Crippen molar-refractivity contribution in [2.24, 2.45) is 5.92 Å². The predicted octanol–water partition coefficient (Wildman–Crippen LogP) is 1.60. The second-order valence-electron chi connectivity index (χ2n) is 6.74. The molecule has 3 rings (SSSR count). The van der Waals surface area contributed by atoms with Crippen molar-refractivity contribution in [1.29, 1.82) is 0 Å². The first-order valence-corrected chi connectivity index (χ1v) is 8.09. The van der Waals surface area contributed by atoms with Gasteiger partial charge in [-0.2, -0.15) is 0 Å². The number of nitrogen functional groups attached to an aromatic ring is 1. The number of hydrogen-bond donors (Lipinski definition) is 2. The monoisotopic (exact) mass is 304 g/mol. The van der Waals surface area contributed by atoms with E-state index in [0.717, 1.165) is 38.5 Å². The minimum atomic E-state index is -0.690. The van der Waals surface area contributed by atoms with Gasteiger partial charge < -0.3 is 15.7 Å². The minimum Gasteiger partial charge on any atom is -0.390 e. The van der Waals surface area contributed by atoms with Crippen LogP contribution in [0.5, 0.6) is 0 Å². The molecule has 0 aromatic carbocycles. The molecule has 0 bridgehead atoms. The van der Waals surface area contributed by atoms with Crippen LogP contribution >= 0.6 is 0 Å². The van der Waals surface area contributed by atoms with Crippen molar-refractivity contribution < 1.29 is 9.90 Å². The van der Waals surface area contributed by atoms with Crippen LogP contribution in [-0.2, 0) is 0 Å². The molecule has 1 aromatic heterocycles. The highest BCUT2D eigenvalue weighted by Crippen LogP contribution is 2.41. The maximum absolute atomic E-state index is 12.8.